The zero-order valence-corrected chi connectivity index (χ0v) is 14.2. The van der Waals surface area contributed by atoms with E-state index >= 15 is 0 Å². The number of rotatable bonds is 5. The summed E-state index contributed by atoms with van der Waals surface area (Å²) >= 11 is 1.76. The minimum Gasteiger partial charge on any atom is -0.395 e. The van der Waals surface area contributed by atoms with E-state index in [4.69, 9.17) is 0 Å². The van der Waals surface area contributed by atoms with E-state index in [0.717, 1.165) is 5.92 Å². The topological polar surface area (TPSA) is 32.3 Å². The van der Waals surface area contributed by atoms with E-state index in [1.165, 1.54) is 32.1 Å². The van der Waals surface area contributed by atoms with Gasteiger partial charge in [-0.25, -0.2) is 0 Å². The second kappa shape index (κ2) is 7.90. The van der Waals surface area contributed by atoms with Crippen molar-refractivity contribution in [3.63, 3.8) is 0 Å². The summed E-state index contributed by atoms with van der Waals surface area (Å²) < 4.78 is 0. The second-order valence-corrected chi connectivity index (χ2v) is 8.26. The Morgan fingerprint density at radius 3 is 2.42 bits per heavy atom. The van der Waals surface area contributed by atoms with Gasteiger partial charge in [0, 0.05) is 17.3 Å². The van der Waals surface area contributed by atoms with Gasteiger partial charge in [0.1, 0.15) is 0 Å². The van der Waals surface area contributed by atoms with Gasteiger partial charge in [0.05, 0.1) is 6.61 Å². The number of hydrogen-bond donors (Lipinski definition) is 2. The molecule has 1 aliphatic rings. The van der Waals surface area contributed by atoms with Crippen LogP contribution in [-0.4, -0.2) is 35.3 Å². The maximum absolute atomic E-state index is 9.37. The molecule has 1 aliphatic carbocycles. The molecule has 0 spiro atoms. The van der Waals surface area contributed by atoms with Gasteiger partial charge in [-0.15, -0.1) is 0 Å². The van der Waals surface area contributed by atoms with Crippen molar-refractivity contribution in [1.82, 2.24) is 5.32 Å². The maximum Gasteiger partial charge on any atom is 0.0564 e. The van der Waals surface area contributed by atoms with Gasteiger partial charge in [0.2, 0.25) is 0 Å². The molecular weight excluding hydrogens is 254 g/mol. The molecule has 0 aliphatic heterocycles. The lowest BCUT2D eigenvalue weighted by molar-refractivity contribution is 0.212. The van der Waals surface area contributed by atoms with E-state index in [-0.39, 0.29) is 6.61 Å². The number of nitrogens with one attached hydrogen (secondary N) is 1. The van der Waals surface area contributed by atoms with Crippen molar-refractivity contribution >= 4 is 11.8 Å². The minimum atomic E-state index is 0.271. The summed E-state index contributed by atoms with van der Waals surface area (Å²) in [6.45, 7) is 9.62. The van der Waals surface area contributed by atoms with Gasteiger partial charge in [0.15, 0.2) is 0 Å². The normalized spacial score (nSPS) is 28.7. The summed E-state index contributed by atoms with van der Waals surface area (Å²) in [4.78, 5) is 0. The lowest BCUT2D eigenvalue weighted by atomic mass is 9.76. The quantitative estimate of drug-likeness (QED) is 0.757. The molecule has 1 rings (SSSR count). The van der Waals surface area contributed by atoms with Gasteiger partial charge in [-0.2, -0.15) is 11.8 Å². The molecule has 2 nitrogen and oxygen atoms in total. The summed E-state index contributed by atoms with van der Waals surface area (Å²) in [7, 11) is 0. The standard InChI is InChI=1S/C16H33NOS/c1-12(15(11-18)19-5)17-14-8-6-7-13(9-10-14)16(2,3)4/h12-15,17-18H,6-11H2,1-5H3. The molecule has 4 unspecified atom stereocenters. The molecule has 2 N–H and O–H groups in total. The van der Waals surface area contributed by atoms with Crippen molar-refractivity contribution < 1.29 is 5.11 Å². The van der Waals surface area contributed by atoms with E-state index in [0.29, 0.717) is 22.7 Å². The Labute approximate surface area is 124 Å². The maximum atomic E-state index is 9.37. The van der Waals surface area contributed by atoms with Gasteiger partial charge < -0.3 is 10.4 Å². The Morgan fingerprint density at radius 1 is 1.21 bits per heavy atom. The Hall–Kier alpha value is 0.270. The zero-order chi connectivity index (χ0) is 14.5. The lowest BCUT2D eigenvalue weighted by Gasteiger charge is -2.30. The molecule has 1 fully saturated rings. The van der Waals surface area contributed by atoms with Crippen LogP contribution in [-0.2, 0) is 0 Å². The molecule has 3 heteroatoms. The smallest absolute Gasteiger partial charge is 0.0564 e. The van der Waals surface area contributed by atoms with Crippen molar-refractivity contribution in [1.29, 1.82) is 0 Å². The average Bonchev–Trinajstić information content (AvgIpc) is 2.55. The molecule has 19 heavy (non-hydrogen) atoms. The molecule has 0 aromatic carbocycles. The molecule has 0 aromatic rings. The van der Waals surface area contributed by atoms with Gasteiger partial charge in [-0.05, 0) is 50.2 Å². The number of hydrogen-bond acceptors (Lipinski definition) is 3. The van der Waals surface area contributed by atoms with Crippen LogP contribution in [0.2, 0.25) is 0 Å². The zero-order valence-electron chi connectivity index (χ0n) is 13.4. The van der Waals surface area contributed by atoms with Crippen LogP contribution in [0.15, 0.2) is 0 Å². The Bertz CT molecular complexity index is 248. The fraction of sp³-hybridized carbons (Fsp3) is 1.00. The highest BCUT2D eigenvalue weighted by molar-refractivity contribution is 7.99. The highest BCUT2D eigenvalue weighted by atomic mass is 32.2. The molecule has 0 radical (unpaired) electrons. The first-order valence-electron chi connectivity index (χ1n) is 7.78. The number of aliphatic hydroxyl groups is 1. The molecule has 0 aromatic heterocycles. The van der Waals surface area contributed by atoms with Gasteiger partial charge in [-0.1, -0.05) is 27.2 Å². The van der Waals surface area contributed by atoms with Gasteiger partial charge in [-0.3, -0.25) is 0 Å². The molecular formula is C16H33NOS. The molecule has 1 saturated carbocycles. The monoisotopic (exact) mass is 287 g/mol. The van der Waals surface area contributed by atoms with Crippen LogP contribution < -0.4 is 5.32 Å². The predicted molar refractivity (Wildman–Crippen MR) is 86.8 cm³/mol. The summed E-state index contributed by atoms with van der Waals surface area (Å²) in [6, 6.07) is 1.04. The van der Waals surface area contributed by atoms with Crippen LogP contribution in [0.3, 0.4) is 0 Å². The van der Waals surface area contributed by atoms with Crippen LogP contribution in [0.5, 0.6) is 0 Å². The largest absolute Gasteiger partial charge is 0.395 e. The van der Waals surface area contributed by atoms with Crippen molar-refractivity contribution in [2.45, 2.75) is 77.1 Å². The molecule has 4 atom stereocenters. The summed E-state index contributed by atoms with van der Waals surface area (Å²) in [6.07, 6.45) is 8.73. The number of aliphatic hydroxyl groups excluding tert-OH is 1. The van der Waals surface area contributed by atoms with Gasteiger partial charge >= 0.3 is 0 Å². The summed E-state index contributed by atoms with van der Waals surface area (Å²) in [5.74, 6) is 0.865. The number of thioether (sulfide) groups is 1. The van der Waals surface area contributed by atoms with E-state index in [1.807, 2.05) is 0 Å². The third kappa shape index (κ3) is 5.65. The van der Waals surface area contributed by atoms with Crippen molar-refractivity contribution in [3.8, 4) is 0 Å². The predicted octanol–water partition coefficient (Wildman–Crippen LogP) is 3.68. The van der Waals surface area contributed by atoms with E-state index in [1.54, 1.807) is 11.8 Å². The third-order valence-electron chi connectivity index (χ3n) is 4.73. The van der Waals surface area contributed by atoms with E-state index in [9.17, 15) is 5.11 Å². The second-order valence-electron chi connectivity index (χ2n) is 7.18. The van der Waals surface area contributed by atoms with Crippen molar-refractivity contribution in [2.24, 2.45) is 11.3 Å². The minimum absolute atomic E-state index is 0.271. The first-order chi connectivity index (χ1) is 8.88. The van der Waals surface area contributed by atoms with Crippen LogP contribution in [0, 0.1) is 11.3 Å². The third-order valence-corrected chi connectivity index (χ3v) is 5.90. The first-order valence-corrected chi connectivity index (χ1v) is 9.07. The fourth-order valence-corrected chi connectivity index (χ4v) is 3.89. The lowest BCUT2D eigenvalue weighted by Crippen LogP contribution is -2.43. The Balaban J connectivity index is 2.45. The van der Waals surface area contributed by atoms with Crippen LogP contribution in [0.4, 0.5) is 0 Å². The SMILES string of the molecule is CSC(CO)C(C)NC1CCCC(C(C)(C)C)CC1. The van der Waals surface area contributed by atoms with Gasteiger partial charge in [0.25, 0.3) is 0 Å². The first kappa shape index (κ1) is 17.3. The van der Waals surface area contributed by atoms with E-state index in [2.05, 4.69) is 39.3 Å². The molecule has 0 amide bonds. The van der Waals surface area contributed by atoms with Crippen LogP contribution >= 0.6 is 11.8 Å². The highest BCUT2D eigenvalue weighted by Gasteiger charge is 2.28. The fourth-order valence-electron chi connectivity index (χ4n) is 3.25. The van der Waals surface area contributed by atoms with Crippen molar-refractivity contribution in [2.75, 3.05) is 12.9 Å². The molecule has 0 heterocycles. The van der Waals surface area contributed by atoms with E-state index < -0.39 is 0 Å². The van der Waals surface area contributed by atoms with Crippen molar-refractivity contribution in [3.05, 3.63) is 0 Å². The average molecular weight is 288 g/mol. The van der Waals surface area contributed by atoms with Crippen LogP contribution in [0.25, 0.3) is 0 Å². The Kier molecular flexibility index (Phi) is 7.20. The van der Waals surface area contributed by atoms with Crippen LogP contribution in [0.1, 0.15) is 59.8 Å². The molecule has 0 saturated heterocycles. The molecule has 0 bridgehead atoms. The summed E-state index contributed by atoms with van der Waals surface area (Å²) in [5, 5.41) is 13.4. The Morgan fingerprint density at radius 2 is 1.89 bits per heavy atom. The molecule has 114 valence electrons. The highest BCUT2D eigenvalue weighted by Crippen LogP contribution is 2.36. The summed E-state index contributed by atoms with van der Waals surface area (Å²) in [5.41, 5.74) is 0.452.